The first-order valence-electron chi connectivity index (χ1n) is 8.00. The standard InChI is InChI=1S/C18H21N5/c1-14-12-23(13-16-6-2-3-8-20-16)10-7-17(14)22-18-15(11-19)5-4-9-21-18/h2-6,8-9,14,17H,7,10,12-13H2,1H3,(H,21,22)/t14-,17+/m0/s1. The Labute approximate surface area is 137 Å². The maximum atomic E-state index is 9.17. The van der Waals surface area contributed by atoms with Gasteiger partial charge < -0.3 is 5.32 Å². The molecule has 5 nitrogen and oxygen atoms in total. The first-order valence-corrected chi connectivity index (χ1v) is 8.00. The van der Waals surface area contributed by atoms with E-state index in [-0.39, 0.29) is 0 Å². The van der Waals surface area contributed by atoms with E-state index >= 15 is 0 Å². The van der Waals surface area contributed by atoms with Crippen LogP contribution >= 0.6 is 0 Å². The smallest absolute Gasteiger partial charge is 0.144 e. The Kier molecular flexibility index (Phi) is 4.84. The number of hydrogen-bond acceptors (Lipinski definition) is 5. The number of anilines is 1. The molecule has 3 heterocycles. The summed E-state index contributed by atoms with van der Waals surface area (Å²) < 4.78 is 0. The predicted octanol–water partition coefficient (Wildman–Crippen LogP) is 2.67. The van der Waals surface area contributed by atoms with Gasteiger partial charge in [-0.2, -0.15) is 5.26 Å². The first-order chi connectivity index (χ1) is 11.3. The largest absolute Gasteiger partial charge is 0.366 e. The number of likely N-dealkylation sites (tertiary alicyclic amines) is 1. The lowest BCUT2D eigenvalue weighted by atomic mass is 9.93. The molecule has 0 radical (unpaired) electrons. The van der Waals surface area contributed by atoms with Crippen molar-refractivity contribution in [2.45, 2.75) is 25.9 Å². The summed E-state index contributed by atoms with van der Waals surface area (Å²) in [4.78, 5) is 11.2. The average Bonchev–Trinajstić information content (AvgIpc) is 2.59. The number of nitriles is 1. The van der Waals surface area contributed by atoms with E-state index < -0.39 is 0 Å². The number of aromatic nitrogens is 2. The fourth-order valence-corrected chi connectivity index (χ4v) is 3.10. The molecule has 1 aliphatic rings. The maximum Gasteiger partial charge on any atom is 0.144 e. The zero-order chi connectivity index (χ0) is 16.1. The Morgan fingerprint density at radius 2 is 2.13 bits per heavy atom. The van der Waals surface area contributed by atoms with Gasteiger partial charge >= 0.3 is 0 Å². The second-order valence-corrected chi connectivity index (χ2v) is 6.08. The molecule has 5 heteroatoms. The molecular formula is C18H21N5. The molecule has 1 fully saturated rings. The summed E-state index contributed by atoms with van der Waals surface area (Å²) in [5.74, 6) is 1.19. The van der Waals surface area contributed by atoms with Crippen LogP contribution in [0.3, 0.4) is 0 Å². The highest BCUT2D eigenvalue weighted by Crippen LogP contribution is 2.22. The van der Waals surface area contributed by atoms with E-state index in [0.717, 1.165) is 31.7 Å². The number of hydrogen-bond donors (Lipinski definition) is 1. The lowest BCUT2D eigenvalue weighted by Crippen LogP contribution is -2.45. The van der Waals surface area contributed by atoms with E-state index in [4.69, 9.17) is 0 Å². The molecule has 2 aromatic rings. The Bertz CT molecular complexity index is 679. The van der Waals surface area contributed by atoms with Crippen molar-refractivity contribution < 1.29 is 0 Å². The summed E-state index contributed by atoms with van der Waals surface area (Å²) in [5, 5.41) is 12.6. The molecule has 23 heavy (non-hydrogen) atoms. The van der Waals surface area contributed by atoms with Crippen LogP contribution < -0.4 is 5.32 Å². The van der Waals surface area contributed by atoms with Crippen LogP contribution in [0.15, 0.2) is 42.7 Å². The third-order valence-corrected chi connectivity index (χ3v) is 4.35. The van der Waals surface area contributed by atoms with Crippen LogP contribution in [0.25, 0.3) is 0 Å². The van der Waals surface area contributed by atoms with Gasteiger partial charge in [-0.3, -0.25) is 9.88 Å². The van der Waals surface area contributed by atoms with Crippen molar-refractivity contribution in [2.75, 3.05) is 18.4 Å². The molecule has 1 aliphatic heterocycles. The molecule has 2 aromatic heterocycles. The molecule has 0 amide bonds. The van der Waals surface area contributed by atoms with E-state index in [0.29, 0.717) is 23.3 Å². The quantitative estimate of drug-likeness (QED) is 0.941. The molecule has 0 aromatic carbocycles. The van der Waals surface area contributed by atoms with E-state index in [1.54, 1.807) is 18.3 Å². The summed E-state index contributed by atoms with van der Waals surface area (Å²) in [6.07, 6.45) is 4.61. The van der Waals surface area contributed by atoms with Gasteiger partial charge in [-0.25, -0.2) is 4.98 Å². The van der Waals surface area contributed by atoms with Crippen molar-refractivity contribution in [3.05, 3.63) is 54.0 Å². The van der Waals surface area contributed by atoms with Crippen LogP contribution in [-0.2, 0) is 6.54 Å². The van der Waals surface area contributed by atoms with Gasteiger partial charge in [0.15, 0.2) is 0 Å². The number of rotatable bonds is 4. The van der Waals surface area contributed by atoms with Gasteiger partial charge in [-0.1, -0.05) is 13.0 Å². The molecular weight excluding hydrogens is 286 g/mol. The van der Waals surface area contributed by atoms with Crippen molar-refractivity contribution in [2.24, 2.45) is 5.92 Å². The molecule has 3 rings (SSSR count). The molecule has 0 aliphatic carbocycles. The maximum absolute atomic E-state index is 9.17. The Balaban J connectivity index is 1.60. The highest BCUT2D eigenvalue weighted by Gasteiger charge is 2.26. The van der Waals surface area contributed by atoms with Crippen molar-refractivity contribution >= 4 is 5.82 Å². The lowest BCUT2D eigenvalue weighted by Gasteiger charge is -2.37. The number of piperidine rings is 1. The predicted molar refractivity (Wildman–Crippen MR) is 89.7 cm³/mol. The minimum Gasteiger partial charge on any atom is -0.366 e. The van der Waals surface area contributed by atoms with Gasteiger partial charge in [0.2, 0.25) is 0 Å². The SMILES string of the molecule is C[C@H]1CN(Cc2ccccn2)CC[C@H]1Nc1ncccc1C#N. The second-order valence-electron chi connectivity index (χ2n) is 6.08. The minimum atomic E-state index is 0.344. The van der Waals surface area contributed by atoms with Gasteiger partial charge in [0.25, 0.3) is 0 Å². The molecule has 0 saturated carbocycles. The summed E-state index contributed by atoms with van der Waals surface area (Å²) in [6, 6.07) is 12.2. The zero-order valence-corrected chi connectivity index (χ0v) is 13.3. The molecule has 0 unspecified atom stereocenters. The number of pyridine rings is 2. The monoisotopic (exact) mass is 307 g/mol. The van der Waals surface area contributed by atoms with Gasteiger partial charge in [-0.05, 0) is 36.6 Å². The van der Waals surface area contributed by atoms with Gasteiger partial charge in [-0.15, -0.1) is 0 Å². The van der Waals surface area contributed by atoms with Crippen LogP contribution in [0.4, 0.5) is 5.82 Å². The van der Waals surface area contributed by atoms with E-state index in [1.807, 2.05) is 18.3 Å². The highest BCUT2D eigenvalue weighted by molar-refractivity contribution is 5.51. The molecule has 118 valence electrons. The van der Waals surface area contributed by atoms with E-state index in [9.17, 15) is 5.26 Å². The average molecular weight is 307 g/mol. The van der Waals surface area contributed by atoms with E-state index in [1.165, 1.54) is 0 Å². The molecule has 0 spiro atoms. The normalized spacial score (nSPS) is 21.6. The molecule has 2 atom stereocenters. The van der Waals surface area contributed by atoms with Crippen molar-refractivity contribution in [1.82, 2.24) is 14.9 Å². The fourth-order valence-electron chi connectivity index (χ4n) is 3.10. The molecule has 1 N–H and O–H groups in total. The van der Waals surface area contributed by atoms with Crippen molar-refractivity contribution in [3.63, 3.8) is 0 Å². The summed E-state index contributed by atoms with van der Waals surface area (Å²) in [7, 11) is 0. The van der Waals surface area contributed by atoms with Crippen LogP contribution in [0, 0.1) is 17.2 Å². The van der Waals surface area contributed by atoms with Crippen LogP contribution in [0.5, 0.6) is 0 Å². The van der Waals surface area contributed by atoms with Gasteiger partial charge in [0, 0.05) is 38.1 Å². The second kappa shape index (κ2) is 7.21. The van der Waals surface area contributed by atoms with Crippen molar-refractivity contribution in [3.8, 4) is 6.07 Å². The van der Waals surface area contributed by atoms with E-state index in [2.05, 4.69) is 39.2 Å². The Morgan fingerprint density at radius 3 is 2.87 bits per heavy atom. The fraction of sp³-hybridized carbons (Fsp3) is 0.389. The number of nitrogens with one attached hydrogen (secondary N) is 1. The number of nitrogens with zero attached hydrogens (tertiary/aromatic N) is 4. The minimum absolute atomic E-state index is 0.344. The summed E-state index contributed by atoms with van der Waals surface area (Å²) in [6.45, 7) is 5.18. The molecule has 0 bridgehead atoms. The van der Waals surface area contributed by atoms with Crippen LogP contribution in [0.2, 0.25) is 0 Å². The van der Waals surface area contributed by atoms with Crippen molar-refractivity contribution in [1.29, 1.82) is 5.26 Å². The van der Waals surface area contributed by atoms with Crippen LogP contribution in [0.1, 0.15) is 24.6 Å². The summed E-state index contributed by atoms with van der Waals surface area (Å²) in [5.41, 5.74) is 1.72. The van der Waals surface area contributed by atoms with Crippen LogP contribution in [-0.4, -0.2) is 34.0 Å². The molecule has 1 saturated heterocycles. The van der Waals surface area contributed by atoms with Gasteiger partial charge in [0.05, 0.1) is 11.3 Å². The van der Waals surface area contributed by atoms with Gasteiger partial charge in [0.1, 0.15) is 11.9 Å². The first kappa shape index (κ1) is 15.4. The Hall–Kier alpha value is -2.45. The third-order valence-electron chi connectivity index (χ3n) is 4.35. The highest BCUT2D eigenvalue weighted by atomic mass is 15.2. The lowest BCUT2D eigenvalue weighted by molar-refractivity contribution is 0.163. The topological polar surface area (TPSA) is 64.8 Å². The zero-order valence-electron chi connectivity index (χ0n) is 13.3. The summed E-state index contributed by atoms with van der Waals surface area (Å²) >= 11 is 0. The third kappa shape index (κ3) is 3.85. The Morgan fingerprint density at radius 1 is 1.26 bits per heavy atom.